The maximum absolute atomic E-state index is 12.2. The number of Topliss-reactive ketones (excluding diaryl/α,β-unsaturated/α-hetero) is 1. The molecule has 0 aliphatic heterocycles. The molecule has 0 aliphatic carbocycles. The topological polar surface area (TPSA) is 85.2 Å². The lowest BCUT2D eigenvalue weighted by Gasteiger charge is -2.06. The fourth-order valence-corrected chi connectivity index (χ4v) is 2.89. The van der Waals surface area contributed by atoms with E-state index in [1.54, 1.807) is 12.1 Å². The summed E-state index contributed by atoms with van der Waals surface area (Å²) in [7, 11) is 1.49. The van der Waals surface area contributed by atoms with Gasteiger partial charge in [0.1, 0.15) is 5.75 Å². The minimum Gasteiger partial charge on any atom is -0.497 e. The van der Waals surface area contributed by atoms with E-state index in [2.05, 4.69) is 4.98 Å². The van der Waals surface area contributed by atoms with Crippen molar-refractivity contribution in [3.63, 3.8) is 0 Å². The van der Waals surface area contributed by atoms with Gasteiger partial charge in [0, 0.05) is 35.2 Å². The van der Waals surface area contributed by atoms with Gasteiger partial charge in [0.25, 0.3) is 5.69 Å². The zero-order valence-corrected chi connectivity index (χ0v) is 14.5. The maximum Gasteiger partial charge on any atom is 0.276 e. The number of allylic oxidation sites excluding steroid dienone is 1. The minimum absolute atomic E-state index is 0.0662. The molecule has 6 nitrogen and oxygen atoms in total. The Morgan fingerprint density at radius 3 is 2.73 bits per heavy atom. The van der Waals surface area contributed by atoms with Gasteiger partial charge >= 0.3 is 0 Å². The molecule has 132 valence electrons. The van der Waals surface area contributed by atoms with Gasteiger partial charge < -0.3 is 9.72 Å². The van der Waals surface area contributed by atoms with Crippen LogP contribution < -0.4 is 4.74 Å². The molecule has 0 fully saturated rings. The zero-order valence-electron chi connectivity index (χ0n) is 14.5. The molecule has 3 rings (SSSR count). The molecular weight excluding hydrogens is 332 g/mol. The summed E-state index contributed by atoms with van der Waals surface area (Å²) in [5.41, 5.74) is 2.72. The Bertz CT molecular complexity index is 1020. The highest BCUT2D eigenvalue weighted by Gasteiger charge is 2.16. The molecule has 0 saturated carbocycles. The number of aromatic amines is 1. The van der Waals surface area contributed by atoms with Crippen molar-refractivity contribution >= 4 is 28.4 Å². The third-order valence-electron chi connectivity index (χ3n) is 4.27. The second-order valence-corrected chi connectivity index (χ2v) is 5.94. The Morgan fingerprint density at radius 1 is 1.27 bits per heavy atom. The van der Waals surface area contributed by atoms with E-state index in [1.807, 2.05) is 30.5 Å². The Kier molecular flexibility index (Phi) is 4.84. The molecule has 0 atom stereocenters. The SMILES string of the molecule is COc1ccc([N+](=O)[O-])c(/C=C(\Cc2c[nH]c3ccccc23)C(C)=O)c1. The quantitative estimate of drug-likeness (QED) is 0.408. The number of rotatable bonds is 6. The summed E-state index contributed by atoms with van der Waals surface area (Å²) >= 11 is 0. The summed E-state index contributed by atoms with van der Waals surface area (Å²) in [4.78, 5) is 26.2. The van der Waals surface area contributed by atoms with Gasteiger partial charge in [0.15, 0.2) is 5.78 Å². The van der Waals surface area contributed by atoms with E-state index in [9.17, 15) is 14.9 Å². The molecule has 1 heterocycles. The minimum atomic E-state index is -0.464. The molecule has 0 radical (unpaired) electrons. The van der Waals surface area contributed by atoms with Gasteiger partial charge in [-0.3, -0.25) is 14.9 Å². The van der Waals surface area contributed by atoms with E-state index in [0.29, 0.717) is 23.3 Å². The first kappa shape index (κ1) is 17.4. The molecule has 0 aliphatic rings. The summed E-state index contributed by atoms with van der Waals surface area (Å²) in [5.74, 6) is 0.365. The van der Waals surface area contributed by atoms with Crippen LogP contribution in [-0.4, -0.2) is 22.8 Å². The number of hydrogen-bond acceptors (Lipinski definition) is 4. The van der Waals surface area contributed by atoms with E-state index in [0.717, 1.165) is 16.5 Å². The van der Waals surface area contributed by atoms with Gasteiger partial charge in [-0.2, -0.15) is 0 Å². The molecule has 0 unspecified atom stereocenters. The number of nitrogens with one attached hydrogen (secondary N) is 1. The third kappa shape index (κ3) is 3.49. The molecule has 2 aromatic carbocycles. The number of ketones is 1. The van der Waals surface area contributed by atoms with Crippen molar-refractivity contribution in [3.8, 4) is 5.75 Å². The number of fused-ring (bicyclic) bond motifs is 1. The number of hydrogen-bond donors (Lipinski definition) is 1. The highest BCUT2D eigenvalue weighted by atomic mass is 16.6. The van der Waals surface area contributed by atoms with E-state index >= 15 is 0 Å². The molecule has 6 heteroatoms. The molecule has 26 heavy (non-hydrogen) atoms. The second-order valence-electron chi connectivity index (χ2n) is 5.94. The third-order valence-corrected chi connectivity index (χ3v) is 4.27. The van der Waals surface area contributed by atoms with Crippen molar-refractivity contribution in [3.05, 3.63) is 75.5 Å². The number of carbonyl (C=O) groups is 1. The van der Waals surface area contributed by atoms with Gasteiger partial charge in [0.05, 0.1) is 17.6 Å². The van der Waals surface area contributed by atoms with Crippen LogP contribution >= 0.6 is 0 Å². The molecule has 0 spiro atoms. The van der Waals surface area contributed by atoms with E-state index in [1.165, 1.54) is 26.2 Å². The molecular formula is C20H18N2O4. The van der Waals surface area contributed by atoms with Crippen LogP contribution in [0.1, 0.15) is 18.1 Å². The summed E-state index contributed by atoms with van der Waals surface area (Å²) < 4.78 is 5.15. The predicted molar refractivity (Wildman–Crippen MR) is 100 cm³/mol. The van der Waals surface area contributed by atoms with Crippen molar-refractivity contribution in [2.75, 3.05) is 7.11 Å². The van der Waals surface area contributed by atoms with E-state index < -0.39 is 4.92 Å². The van der Waals surface area contributed by atoms with Gasteiger partial charge in [-0.1, -0.05) is 18.2 Å². The van der Waals surface area contributed by atoms with Crippen LogP contribution in [0.4, 0.5) is 5.69 Å². The molecule has 1 N–H and O–H groups in total. The molecule has 1 aromatic heterocycles. The Balaban J connectivity index is 2.05. The highest BCUT2D eigenvalue weighted by molar-refractivity contribution is 5.99. The van der Waals surface area contributed by atoms with Crippen molar-refractivity contribution in [2.24, 2.45) is 0 Å². The van der Waals surface area contributed by atoms with Crippen LogP contribution in [0.2, 0.25) is 0 Å². The zero-order chi connectivity index (χ0) is 18.7. The Hall–Kier alpha value is -3.41. The summed E-state index contributed by atoms with van der Waals surface area (Å²) in [6, 6.07) is 12.3. The summed E-state index contributed by atoms with van der Waals surface area (Å²) in [6.45, 7) is 1.46. The molecule has 0 amide bonds. The average Bonchev–Trinajstić information content (AvgIpc) is 3.03. The average molecular weight is 350 g/mol. The number of methoxy groups -OCH3 is 1. The first-order valence-corrected chi connectivity index (χ1v) is 8.08. The number of para-hydroxylation sites is 1. The Labute approximate surface area is 150 Å². The highest BCUT2D eigenvalue weighted by Crippen LogP contribution is 2.28. The summed E-state index contributed by atoms with van der Waals surface area (Å²) in [6.07, 6.45) is 3.82. The fourth-order valence-electron chi connectivity index (χ4n) is 2.89. The van der Waals surface area contributed by atoms with Gasteiger partial charge in [0.2, 0.25) is 0 Å². The van der Waals surface area contributed by atoms with Crippen LogP contribution in [0.5, 0.6) is 5.75 Å². The molecule has 0 saturated heterocycles. The van der Waals surface area contributed by atoms with Crippen molar-refractivity contribution < 1.29 is 14.5 Å². The van der Waals surface area contributed by atoms with Crippen molar-refractivity contribution in [1.82, 2.24) is 4.98 Å². The second kappa shape index (κ2) is 7.23. The number of carbonyl (C=O) groups excluding carboxylic acids is 1. The van der Waals surface area contributed by atoms with Crippen LogP contribution in [0.3, 0.4) is 0 Å². The van der Waals surface area contributed by atoms with Crippen LogP contribution in [0.15, 0.2) is 54.2 Å². The van der Waals surface area contributed by atoms with E-state index in [-0.39, 0.29) is 11.5 Å². The summed E-state index contributed by atoms with van der Waals surface area (Å²) in [5, 5.41) is 12.3. The first-order chi connectivity index (χ1) is 12.5. The largest absolute Gasteiger partial charge is 0.497 e. The normalized spacial score (nSPS) is 11.5. The van der Waals surface area contributed by atoms with Crippen LogP contribution in [-0.2, 0) is 11.2 Å². The fraction of sp³-hybridized carbons (Fsp3) is 0.150. The Morgan fingerprint density at radius 2 is 2.04 bits per heavy atom. The van der Waals surface area contributed by atoms with Gasteiger partial charge in [-0.25, -0.2) is 0 Å². The number of nitrogens with zero attached hydrogens (tertiary/aromatic N) is 1. The lowest BCUT2D eigenvalue weighted by atomic mass is 9.98. The number of benzene rings is 2. The predicted octanol–water partition coefficient (Wildman–Crippen LogP) is 4.30. The standard InChI is InChI=1S/C20H18N2O4/c1-13(23)14(10-16-12-21-19-6-4-3-5-18(16)19)9-15-11-17(26-2)7-8-20(15)22(24)25/h3-9,11-12,21H,10H2,1-2H3/b14-9+. The number of nitro groups is 1. The lowest BCUT2D eigenvalue weighted by molar-refractivity contribution is -0.385. The molecule has 0 bridgehead atoms. The molecule has 3 aromatic rings. The number of ether oxygens (including phenoxy) is 1. The smallest absolute Gasteiger partial charge is 0.276 e. The lowest BCUT2D eigenvalue weighted by Crippen LogP contribution is -2.01. The number of nitro benzene ring substituents is 1. The van der Waals surface area contributed by atoms with E-state index in [4.69, 9.17) is 4.74 Å². The van der Waals surface area contributed by atoms with Crippen molar-refractivity contribution in [2.45, 2.75) is 13.3 Å². The van der Waals surface area contributed by atoms with Gasteiger partial charge in [-0.05, 0) is 36.8 Å². The van der Waals surface area contributed by atoms with Crippen molar-refractivity contribution in [1.29, 1.82) is 0 Å². The van der Waals surface area contributed by atoms with Crippen LogP contribution in [0.25, 0.3) is 17.0 Å². The number of H-pyrrole nitrogens is 1. The number of aromatic nitrogens is 1. The first-order valence-electron chi connectivity index (χ1n) is 8.08. The monoisotopic (exact) mass is 350 g/mol. The maximum atomic E-state index is 12.2. The van der Waals surface area contributed by atoms with Crippen LogP contribution in [0, 0.1) is 10.1 Å². The van der Waals surface area contributed by atoms with Gasteiger partial charge in [-0.15, -0.1) is 0 Å².